The summed E-state index contributed by atoms with van der Waals surface area (Å²) < 4.78 is 0. The Balaban J connectivity index is 2.12. The summed E-state index contributed by atoms with van der Waals surface area (Å²) >= 11 is 0. The lowest BCUT2D eigenvalue weighted by molar-refractivity contribution is 0.378. The number of hydrogen-bond acceptors (Lipinski definition) is 2. The topological polar surface area (TPSA) is 35.8 Å². The van der Waals surface area contributed by atoms with E-state index < -0.39 is 0 Å². The highest BCUT2D eigenvalue weighted by Crippen LogP contribution is 2.38. The molecular formula is C15H20N2. The molecule has 1 aliphatic rings. The second kappa shape index (κ2) is 4.41. The van der Waals surface area contributed by atoms with Gasteiger partial charge in [0.25, 0.3) is 0 Å². The first kappa shape index (κ1) is 12.0. The maximum Gasteiger partial charge on any atom is 0.101 e. The molecule has 2 heteroatoms. The van der Waals surface area contributed by atoms with Gasteiger partial charge < -0.3 is 5.32 Å². The van der Waals surface area contributed by atoms with Crippen molar-refractivity contribution in [2.45, 2.75) is 46.1 Å². The van der Waals surface area contributed by atoms with Crippen LogP contribution in [0.4, 0.5) is 5.69 Å². The van der Waals surface area contributed by atoms with Crippen LogP contribution in [0.1, 0.15) is 44.2 Å². The lowest BCUT2D eigenvalue weighted by atomic mass is 9.92. The van der Waals surface area contributed by atoms with Gasteiger partial charge in [-0.25, -0.2) is 0 Å². The molecule has 0 bridgehead atoms. The Hall–Kier alpha value is -1.49. The van der Waals surface area contributed by atoms with Crippen LogP contribution >= 0.6 is 0 Å². The molecule has 2 nitrogen and oxygen atoms in total. The van der Waals surface area contributed by atoms with Crippen molar-refractivity contribution < 1.29 is 0 Å². The molecule has 0 heterocycles. The van der Waals surface area contributed by atoms with E-state index in [2.05, 4.69) is 31.3 Å². The highest BCUT2D eigenvalue weighted by molar-refractivity contribution is 5.59. The minimum Gasteiger partial charge on any atom is -0.381 e. The quantitative estimate of drug-likeness (QED) is 0.834. The van der Waals surface area contributed by atoms with Crippen molar-refractivity contribution in [1.29, 1.82) is 5.26 Å². The minimum absolute atomic E-state index is 0.440. The lowest BCUT2D eigenvalue weighted by Crippen LogP contribution is -2.18. The van der Waals surface area contributed by atoms with Crippen LogP contribution in [-0.2, 0) is 0 Å². The van der Waals surface area contributed by atoms with E-state index in [-0.39, 0.29) is 0 Å². The Kier molecular flexibility index (Phi) is 3.11. The number of hydrogen-bond donors (Lipinski definition) is 1. The predicted octanol–water partition coefficient (Wildman–Crippen LogP) is 3.86. The highest BCUT2D eigenvalue weighted by Gasteiger charge is 2.30. The number of nitrogens with one attached hydrogen (secondary N) is 1. The van der Waals surface area contributed by atoms with Crippen LogP contribution in [0.5, 0.6) is 0 Å². The van der Waals surface area contributed by atoms with Crippen molar-refractivity contribution >= 4 is 5.69 Å². The third-order valence-electron chi connectivity index (χ3n) is 3.62. The first-order valence-corrected chi connectivity index (χ1v) is 6.27. The second-order valence-electron chi connectivity index (χ2n) is 5.91. The van der Waals surface area contributed by atoms with Gasteiger partial charge >= 0.3 is 0 Å². The summed E-state index contributed by atoms with van der Waals surface area (Å²) in [5.74, 6) is 0. The van der Waals surface area contributed by atoms with E-state index in [1.54, 1.807) is 0 Å². The van der Waals surface area contributed by atoms with Crippen LogP contribution in [0.15, 0.2) is 18.2 Å². The molecule has 1 aromatic carbocycles. The van der Waals surface area contributed by atoms with E-state index in [4.69, 9.17) is 5.26 Å². The monoisotopic (exact) mass is 228 g/mol. The minimum atomic E-state index is 0.440. The zero-order chi connectivity index (χ0) is 12.5. The third kappa shape index (κ3) is 2.79. The van der Waals surface area contributed by atoms with Crippen LogP contribution in [0.3, 0.4) is 0 Å². The summed E-state index contributed by atoms with van der Waals surface area (Å²) in [6.07, 6.45) is 3.65. The average molecular weight is 228 g/mol. The fourth-order valence-corrected chi connectivity index (χ4v) is 2.66. The molecule has 0 amide bonds. The Bertz CT molecular complexity index is 454. The van der Waals surface area contributed by atoms with E-state index in [9.17, 15) is 0 Å². The van der Waals surface area contributed by atoms with Crippen molar-refractivity contribution in [3.8, 4) is 6.07 Å². The maximum absolute atomic E-state index is 9.13. The Labute approximate surface area is 104 Å². The fraction of sp³-hybridized carbons (Fsp3) is 0.533. The first-order chi connectivity index (χ1) is 8.00. The molecule has 1 unspecified atom stereocenters. The molecule has 1 aliphatic carbocycles. The van der Waals surface area contributed by atoms with Crippen molar-refractivity contribution in [1.82, 2.24) is 0 Å². The third-order valence-corrected chi connectivity index (χ3v) is 3.62. The van der Waals surface area contributed by atoms with Crippen LogP contribution in [0.2, 0.25) is 0 Å². The van der Waals surface area contributed by atoms with Crippen molar-refractivity contribution in [3.63, 3.8) is 0 Å². The molecule has 1 atom stereocenters. The van der Waals surface area contributed by atoms with Gasteiger partial charge in [0.05, 0.1) is 11.3 Å². The van der Waals surface area contributed by atoms with E-state index >= 15 is 0 Å². The van der Waals surface area contributed by atoms with Crippen LogP contribution < -0.4 is 5.32 Å². The molecule has 17 heavy (non-hydrogen) atoms. The van der Waals surface area contributed by atoms with Gasteiger partial charge in [0, 0.05) is 6.04 Å². The second-order valence-corrected chi connectivity index (χ2v) is 5.91. The van der Waals surface area contributed by atoms with Gasteiger partial charge in [-0.3, -0.25) is 0 Å². The summed E-state index contributed by atoms with van der Waals surface area (Å²) in [6.45, 7) is 6.65. The number of rotatable bonds is 2. The fourth-order valence-electron chi connectivity index (χ4n) is 2.66. The molecule has 1 fully saturated rings. The number of benzene rings is 1. The molecule has 0 saturated heterocycles. The largest absolute Gasteiger partial charge is 0.381 e. The number of nitriles is 1. The molecule has 0 aromatic heterocycles. The van der Waals surface area contributed by atoms with Crippen molar-refractivity contribution in [2.24, 2.45) is 5.41 Å². The van der Waals surface area contributed by atoms with Gasteiger partial charge in [0.2, 0.25) is 0 Å². The van der Waals surface area contributed by atoms with Crippen molar-refractivity contribution in [3.05, 3.63) is 29.3 Å². The molecule has 1 N–H and O–H groups in total. The highest BCUT2D eigenvalue weighted by atomic mass is 14.9. The summed E-state index contributed by atoms with van der Waals surface area (Å²) in [4.78, 5) is 0. The van der Waals surface area contributed by atoms with E-state index in [1.807, 2.05) is 19.1 Å². The Morgan fingerprint density at radius 1 is 1.41 bits per heavy atom. The van der Waals surface area contributed by atoms with Gasteiger partial charge in [-0.15, -0.1) is 0 Å². The van der Waals surface area contributed by atoms with Gasteiger partial charge in [-0.1, -0.05) is 19.9 Å². The summed E-state index contributed by atoms with van der Waals surface area (Å²) in [5, 5.41) is 12.7. The maximum atomic E-state index is 9.13. The molecule has 0 aliphatic heterocycles. The van der Waals surface area contributed by atoms with Crippen LogP contribution in [0, 0.1) is 23.7 Å². The zero-order valence-corrected chi connectivity index (χ0v) is 10.9. The lowest BCUT2D eigenvalue weighted by Gasteiger charge is -2.19. The van der Waals surface area contributed by atoms with E-state index in [0.717, 1.165) is 16.8 Å². The van der Waals surface area contributed by atoms with Crippen LogP contribution in [0.25, 0.3) is 0 Å². The van der Waals surface area contributed by atoms with Crippen molar-refractivity contribution in [2.75, 3.05) is 5.32 Å². The Morgan fingerprint density at radius 3 is 2.76 bits per heavy atom. The van der Waals surface area contributed by atoms with E-state index in [1.165, 1.54) is 19.3 Å². The molecule has 0 spiro atoms. The summed E-state index contributed by atoms with van der Waals surface area (Å²) in [6, 6.07) is 8.81. The Morgan fingerprint density at radius 2 is 2.18 bits per heavy atom. The van der Waals surface area contributed by atoms with Crippen LogP contribution in [-0.4, -0.2) is 6.04 Å². The first-order valence-electron chi connectivity index (χ1n) is 6.27. The average Bonchev–Trinajstić information content (AvgIpc) is 2.61. The molecule has 1 aromatic rings. The van der Waals surface area contributed by atoms with E-state index in [0.29, 0.717) is 11.5 Å². The predicted molar refractivity (Wildman–Crippen MR) is 70.9 cm³/mol. The molecular weight excluding hydrogens is 208 g/mol. The SMILES string of the molecule is Cc1ccc(NC2CCC(C)(C)C2)c(C#N)c1. The van der Waals surface area contributed by atoms with Gasteiger partial charge in [0.1, 0.15) is 6.07 Å². The molecule has 0 radical (unpaired) electrons. The number of nitrogens with zero attached hydrogens (tertiary/aromatic N) is 1. The summed E-state index contributed by atoms with van der Waals surface area (Å²) in [7, 11) is 0. The molecule has 1 saturated carbocycles. The van der Waals surface area contributed by atoms with Gasteiger partial charge in [-0.2, -0.15) is 5.26 Å². The summed E-state index contributed by atoms with van der Waals surface area (Å²) in [5.41, 5.74) is 3.32. The molecule has 90 valence electrons. The normalized spacial score (nSPS) is 22.1. The van der Waals surface area contributed by atoms with Gasteiger partial charge in [0.15, 0.2) is 0 Å². The number of aryl methyl sites for hydroxylation is 1. The zero-order valence-electron chi connectivity index (χ0n) is 10.9. The standard InChI is InChI=1S/C15H20N2/c1-11-4-5-14(12(8-11)10-16)17-13-6-7-15(2,3)9-13/h4-5,8,13,17H,6-7,9H2,1-3H3. The number of anilines is 1. The smallest absolute Gasteiger partial charge is 0.101 e. The molecule has 2 rings (SSSR count). The van der Waals surface area contributed by atoms with Gasteiger partial charge in [-0.05, 0) is 49.3 Å².